The van der Waals surface area contributed by atoms with Gasteiger partial charge >= 0.3 is 5.97 Å². The number of aromatic nitrogens is 1. The molecule has 1 fully saturated rings. The summed E-state index contributed by atoms with van der Waals surface area (Å²) in [6.45, 7) is 5.48. The number of cyclic esters (lactones) is 1. The molecule has 2 aromatic rings. The van der Waals surface area contributed by atoms with Crippen molar-refractivity contribution in [3.05, 3.63) is 47.7 Å². The van der Waals surface area contributed by atoms with E-state index in [1.807, 2.05) is 25.1 Å². The number of hydrogen-bond donors (Lipinski definition) is 5. The standard InChI is InChI=1S/C30H39N5O7/c1-17(2)25-27(39)32-19(4)28(40)35-13-5-6-23(34-35)26(38)31-18(3)22-10-9-21-8-7-20(14-24(21)33-22)11-12-30(15-36,16-37)29(41)42-25/h7-12,14,17-19,23,25,34,36-37H,5-6,13,15-16H2,1-4H3,(H,31,38)(H,32,39)/t18-,19+,23+,25+/m1/s1. The fourth-order valence-corrected chi connectivity index (χ4v) is 4.94. The predicted molar refractivity (Wildman–Crippen MR) is 154 cm³/mol. The lowest BCUT2D eigenvalue weighted by Crippen LogP contribution is -2.61. The second-order valence-corrected chi connectivity index (χ2v) is 11.3. The maximum Gasteiger partial charge on any atom is 0.321 e. The molecule has 0 spiro atoms. The van der Waals surface area contributed by atoms with Gasteiger partial charge < -0.3 is 25.6 Å². The fraction of sp³-hybridized carbons (Fsp3) is 0.500. The molecule has 4 atom stereocenters. The second kappa shape index (κ2) is 13.0. The molecule has 12 heteroatoms. The number of hydrazine groups is 1. The monoisotopic (exact) mass is 581 g/mol. The number of amides is 3. The lowest BCUT2D eigenvalue weighted by atomic mass is 9.88. The number of aliphatic hydroxyl groups excluding tert-OH is 2. The molecule has 0 unspecified atom stereocenters. The van der Waals surface area contributed by atoms with E-state index in [9.17, 15) is 29.4 Å². The Kier molecular flexibility index (Phi) is 9.60. The summed E-state index contributed by atoms with van der Waals surface area (Å²) in [7, 11) is 0. The van der Waals surface area contributed by atoms with Crippen LogP contribution in [0.15, 0.2) is 36.4 Å². The van der Waals surface area contributed by atoms with Crippen molar-refractivity contribution in [1.82, 2.24) is 26.1 Å². The van der Waals surface area contributed by atoms with Crippen molar-refractivity contribution in [2.45, 2.75) is 64.8 Å². The Morgan fingerprint density at radius 2 is 1.71 bits per heavy atom. The minimum absolute atomic E-state index is 0.280. The van der Waals surface area contributed by atoms with Crippen molar-refractivity contribution in [2.24, 2.45) is 11.3 Å². The molecule has 0 aliphatic carbocycles. The van der Waals surface area contributed by atoms with Crippen LogP contribution < -0.4 is 16.1 Å². The molecule has 2 aliphatic rings. The first-order chi connectivity index (χ1) is 20.0. The molecular formula is C30H39N5O7. The number of benzene rings is 1. The summed E-state index contributed by atoms with van der Waals surface area (Å²) in [6.07, 6.45) is 2.72. The van der Waals surface area contributed by atoms with Gasteiger partial charge in [0.25, 0.3) is 11.8 Å². The molecule has 5 N–H and O–H groups in total. The van der Waals surface area contributed by atoms with E-state index in [0.29, 0.717) is 36.2 Å². The van der Waals surface area contributed by atoms with E-state index in [1.165, 1.54) is 18.0 Å². The van der Waals surface area contributed by atoms with Crippen LogP contribution in [0, 0.1) is 11.3 Å². The van der Waals surface area contributed by atoms with E-state index in [-0.39, 0.29) is 5.91 Å². The first kappa shape index (κ1) is 31.1. The lowest BCUT2D eigenvalue weighted by molar-refractivity contribution is -0.170. The lowest BCUT2D eigenvalue weighted by Gasteiger charge is -2.35. The van der Waals surface area contributed by atoms with Gasteiger partial charge in [-0.1, -0.05) is 44.2 Å². The third kappa shape index (κ3) is 6.61. The number of ether oxygens (including phenoxy) is 1. The molecule has 3 amide bonds. The van der Waals surface area contributed by atoms with Gasteiger partial charge in [0.15, 0.2) is 6.10 Å². The normalized spacial score (nSPS) is 25.7. The highest BCUT2D eigenvalue weighted by molar-refractivity contribution is 5.92. The third-order valence-electron chi connectivity index (χ3n) is 7.70. The Labute approximate surface area is 244 Å². The third-order valence-corrected chi connectivity index (χ3v) is 7.70. The smallest absolute Gasteiger partial charge is 0.321 e. The van der Waals surface area contributed by atoms with E-state index in [2.05, 4.69) is 16.1 Å². The highest BCUT2D eigenvalue weighted by Crippen LogP contribution is 2.26. The van der Waals surface area contributed by atoms with Gasteiger partial charge in [0, 0.05) is 11.9 Å². The molecule has 3 heterocycles. The summed E-state index contributed by atoms with van der Waals surface area (Å²) >= 11 is 0. The summed E-state index contributed by atoms with van der Waals surface area (Å²) in [6, 6.07) is 7.07. The first-order valence-electron chi connectivity index (χ1n) is 14.2. The topological polar surface area (TPSA) is 170 Å². The zero-order valence-corrected chi connectivity index (χ0v) is 24.3. The van der Waals surface area contributed by atoms with Gasteiger partial charge in [-0.05, 0) is 50.3 Å². The van der Waals surface area contributed by atoms with Crippen LogP contribution in [0.2, 0.25) is 0 Å². The summed E-state index contributed by atoms with van der Waals surface area (Å²) in [5.74, 6) is -2.90. The van der Waals surface area contributed by atoms with Crippen LogP contribution in [0.3, 0.4) is 0 Å². The minimum Gasteiger partial charge on any atom is -0.451 e. The molecule has 42 heavy (non-hydrogen) atoms. The van der Waals surface area contributed by atoms with Gasteiger partial charge in [-0.3, -0.25) is 29.2 Å². The van der Waals surface area contributed by atoms with Crippen molar-refractivity contribution >= 4 is 40.7 Å². The first-order valence-corrected chi connectivity index (χ1v) is 14.2. The molecule has 1 aromatic carbocycles. The summed E-state index contributed by atoms with van der Waals surface area (Å²) < 4.78 is 5.56. The van der Waals surface area contributed by atoms with Crippen molar-refractivity contribution in [3.63, 3.8) is 0 Å². The molecule has 4 rings (SSSR count). The number of hydrogen-bond acceptors (Lipinski definition) is 9. The number of carbonyl (C=O) groups excluding carboxylic acids is 4. The van der Waals surface area contributed by atoms with E-state index < -0.39 is 66.6 Å². The molecule has 1 saturated heterocycles. The number of nitrogens with one attached hydrogen (secondary N) is 3. The van der Waals surface area contributed by atoms with Gasteiger partial charge in [-0.15, -0.1) is 0 Å². The number of pyridine rings is 1. The van der Waals surface area contributed by atoms with E-state index in [4.69, 9.17) is 9.72 Å². The Morgan fingerprint density at radius 1 is 1.02 bits per heavy atom. The average Bonchev–Trinajstić information content (AvgIpc) is 2.99. The van der Waals surface area contributed by atoms with Crippen LogP contribution in [0.25, 0.3) is 17.0 Å². The highest BCUT2D eigenvalue weighted by Gasteiger charge is 2.41. The van der Waals surface area contributed by atoms with Crippen LogP contribution in [0.5, 0.6) is 0 Å². The van der Waals surface area contributed by atoms with Crippen LogP contribution in [0.1, 0.15) is 57.8 Å². The molecule has 2 aliphatic heterocycles. The Hall–Kier alpha value is -3.87. The summed E-state index contributed by atoms with van der Waals surface area (Å²) in [4.78, 5) is 57.6. The molecule has 1 aromatic heterocycles. The maximum absolute atomic E-state index is 13.3. The van der Waals surface area contributed by atoms with Crippen molar-refractivity contribution < 1.29 is 34.1 Å². The van der Waals surface area contributed by atoms with E-state index >= 15 is 0 Å². The quantitative estimate of drug-likeness (QED) is 0.332. The number of carbonyl (C=O) groups is 4. The van der Waals surface area contributed by atoms with Crippen LogP contribution in [-0.4, -0.2) is 81.8 Å². The van der Waals surface area contributed by atoms with Gasteiger partial charge in [0.2, 0.25) is 5.91 Å². The Bertz CT molecular complexity index is 1370. The molecule has 226 valence electrons. The molecule has 12 nitrogen and oxygen atoms in total. The maximum atomic E-state index is 13.3. The molecular weight excluding hydrogens is 542 g/mol. The van der Waals surface area contributed by atoms with Crippen LogP contribution in [-0.2, 0) is 23.9 Å². The average molecular weight is 582 g/mol. The zero-order chi connectivity index (χ0) is 30.6. The van der Waals surface area contributed by atoms with Gasteiger partial charge in [0.1, 0.15) is 17.5 Å². The van der Waals surface area contributed by atoms with Crippen molar-refractivity contribution in [1.29, 1.82) is 0 Å². The molecule has 0 saturated carbocycles. The zero-order valence-electron chi connectivity index (χ0n) is 24.3. The largest absolute Gasteiger partial charge is 0.451 e. The number of nitrogens with zero attached hydrogens (tertiary/aromatic N) is 2. The summed E-state index contributed by atoms with van der Waals surface area (Å²) in [5.41, 5.74) is 3.06. The Balaban J connectivity index is 1.75. The Morgan fingerprint density at radius 3 is 2.40 bits per heavy atom. The molecule has 5 bridgehead atoms. The highest BCUT2D eigenvalue weighted by atomic mass is 16.6. The van der Waals surface area contributed by atoms with Crippen molar-refractivity contribution in [2.75, 3.05) is 19.8 Å². The number of rotatable bonds is 3. The van der Waals surface area contributed by atoms with E-state index in [0.717, 1.165) is 5.39 Å². The van der Waals surface area contributed by atoms with Crippen LogP contribution in [0.4, 0.5) is 0 Å². The van der Waals surface area contributed by atoms with Gasteiger partial charge in [-0.2, -0.15) is 0 Å². The SMILES string of the molecule is CC(C)[C@@H]1OC(=O)C(CO)(CO)C=Cc2ccc3ccc(nc3c2)[C@@H](C)NC(=O)[C@@H]2CCCN(N2)C(=O)[C@H](C)NC1=O. The second-order valence-electron chi connectivity index (χ2n) is 11.3. The molecule has 0 radical (unpaired) electrons. The number of esters is 1. The van der Waals surface area contributed by atoms with E-state index in [1.54, 1.807) is 32.1 Å². The van der Waals surface area contributed by atoms with Gasteiger partial charge in [0.05, 0.1) is 30.5 Å². The van der Waals surface area contributed by atoms with Crippen molar-refractivity contribution in [3.8, 4) is 0 Å². The predicted octanol–water partition coefficient (Wildman–Crippen LogP) is 0.978. The summed E-state index contributed by atoms with van der Waals surface area (Å²) in [5, 5.41) is 28.1. The number of fused-ring (bicyclic) bond motifs is 4. The fourth-order valence-electron chi connectivity index (χ4n) is 4.94. The number of aliphatic hydroxyl groups is 2. The minimum atomic E-state index is -1.83. The van der Waals surface area contributed by atoms with Gasteiger partial charge in [-0.25, -0.2) is 5.43 Å². The van der Waals surface area contributed by atoms with Crippen LogP contribution >= 0.6 is 0 Å².